The van der Waals surface area contributed by atoms with Crippen LogP contribution in [0, 0.1) is 0 Å². The first-order chi connectivity index (χ1) is 13.7. The normalized spacial score (nSPS) is 14.9. The minimum absolute atomic E-state index is 0.206. The van der Waals surface area contributed by atoms with Gasteiger partial charge in [-0.25, -0.2) is 0 Å². The van der Waals surface area contributed by atoms with Gasteiger partial charge in [0.15, 0.2) is 0 Å². The van der Waals surface area contributed by atoms with Crippen LogP contribution in [-0.2, 0) is 14.9 Å². The minimum Gasteiger partial charge on any atom is -0.465 e. The Hall–Kier alpha value is -3.07. The molecule has 1 unspecified atom stereocenters. The highest BCUT2D eigenvalue weighted by Gasteiger charge is 2.51. The molecule has 1 aliphatic heterocycles. The van der Waals surface area contributed by atoms with Gasteiger partial charge in [0.2, 0.25) is 0 Å². The van der Waals surface area contributed by atoms with Crippen molar-refractivity contribution in [3.8, 4) is 11.5 Å². The number of esters is 1. The summed E-state index contributed by atoms with van der Waals surface area (Å²) in [4.78, 5) is 13.4. The van der Waals surface area contributed by atoms with Crippen molar-refractivity contribution in [1.29, 1.82) is 0 Å². The van der Waals surface area contributed by atoms with Crippen molar-refractivity contribution in [2.24, 2.45) is 0 Å². The average molecular weight is 372 g/mol. The largest absolute Gasteiger partial charge is 0.465 e. The van der Waals surface area contributed by atoms with Crippen LogP contribution in [0.5, 0.6) is 11.5 Å². The highest BCUT2D eigenvalue weighted by atomic mass is 16.5. The van der Waals surface area contributed by atoms with Gasteiger partial charge < -0.3 is 9.47 Å². The maximum atomic E-state index is 13.4. The molecule has 0 amide bonds. The van der Waals surface area contributed by atoms with Crippen LogP contribution in [0.3, 0.4) is 0 Å². The van der Waals surface area contributed by atoms with Crippen molar-refractivity contribution >= 4 is 5.97 Å². The Morgan fingerprint density at radius 3 is 1.93 bits per heavy atom. The van der Waals surface area contributed by atoms with Gasteiger partial charge in [0.1, 0.15) is 11.5 Å². The van der Waals surface area contributed by atoms with Gasteiger partial charge in [-0.15, -0.1) is 0 Å². The van der Waals surface area contributed by atoms with Crippen LogP contribution in [0.1, 0.15) is 42.9 Å². The van der Waals surface area contributed by atoms with E-state index in [0.717, 1.165) is 34.6 Å². The van der Waals surface area contributed by atoms with Gasteiger partial charge in [-0.3, -0.25) is 4.79 Å². The van der Waals surface area contributed by atoms with Gasteiger partial charge in [-0.05, 0) is 31.0 Å². The molecule has 0 saturated carbocycles. The molecule has 0 radical (unpaired) electrons. The van der Waals surface area contributed by atoms with E-state index >= 15 is 0 Å². The molecule has 3 heteroatoms. The number of para-hydroxylation sites is 2. The van der Waals surface area contributed by atoms with Crippen molar-refractivity contribution in [3.63, 3.8) is 0 Å². The zero-order chi connectivity index (χ0) is 19.6. The summed E-state index contributed by atoms with van der Waals surface area (Å²) in [5, 5.41) is 0. The fourth-order valence-electron chi connectivity index (χ4n) is 4.50. The number of hydrogen-bond donors (Lipinski definition) is 0. The predicted molar refractivity (Wildman–Crippen MR) is 110 cm³/mol. The van der Waals surface area contributed by atoms with Crippen LogP contribution < -0.4 is 4.74 Å². The molecular weight excluding hydrogens is 348 g/mol. The van der Waals surface area contributed by atoms with Crippen LogP contribution >= 0.6 is 0 Å². The summed E-state index contributed by atoms with van der Waals surface area (Å²) in [5.41, 5.74) is 2.43. The van der Waals surface area contributed by atoms with Crippen LogP contribution in [0.25, 0.3) is 0 Å². The van der Waals surface area contributed by atoms with Crippen molar-refractivity contribution in [2.45, 2.75) is 31.6 Å². The SMILES string of the molecule is CCOC(=O)C(c1ccccc1)C1(CC)c2ccccc2Oc2ccccc21. The lowest BCUT2D eigenvalue weighted by Crippen LogP contribution is -2.41. The smallest absolute Gasteiger partial charge is 0.314 e. The minimum atomic E-state index is -0.570. The third kappa shape index (κ3) is 2.78. The maximum absolute atomic E-state index is 13.4. The summed E-state index contributed by atoms with van der Waals surface area (Å²) in [6.45, 7) is 4.33. The topological polar surface area (TPSA) is 35.5 Å². The van der Waals surface area contributed by atoms with Crippen molar-refractivity contribution in [2.75, 3.05) is 6.61 Å². The van der Waals surface area contributed by atoms with Gasteiger partial charge in [-0.2, -0.15) is 0 Å². The Bertz CT molecular complexity index is 932. The second kappa shape index (κ2) is 7.51. The summed E-state index contributed by atoms with van der Waals surface area (Å²) in [5.74, 6) is 0.925. The zero-order valence-electron chi connectivity index (χ0n) is 16.2. The lowest BCUT2D eigenvalue weighted by molar-refractivity contribution is -0.146. The number of carbonyl (C=O) groups excluding carboxylic acids is 1. The van der Waals surface area contributed by atoms with E-state index in [1.54, 1.807) is 0 Å². The molecule has 0 spiro atoms. The average Bonchev–Trinajstić information content (AvgIpc) is 2.74. The molecule has 0 N–H and O–H groups in total. The summed E-state index contributed by atoms with van der Waals surface area (Å²) >= 11 is 0. The number of benzene rings is 3. The van der Waals surface area contributed by atoms with E-state index < -0.39 is 11.3 Å². The molecular formula is C25H24O3. The summed E-state index contributed by atoms with van der Waals surface area (Å²) in [6.07, 6.45) is 0.739. The van der Waals surface area contributed by atoms with E-state index in [9.17, 15) is 4.79 Å². The van der Waals surface area contributed by atoms with Gasteiger partial charge in [0, 0.05) is 16.5 Å². The molecule has 0 saturated heterocycles. The standard InChI is InChI=1S/C25H24O3/c1-3-25(23(24(26)27-4-2)18-12-6-5-7-13-18)19-14-8-10-16-21(19)28-22-17-11-9-15-20(22)25/h5-17,23H,3-4H2,1-2H3. The Labute approximate surface area is 165 Å². The van der Waals surface area contributed by atoms with E-state index in [-0.39, 0.29) is 5.97 Å². The summed E-state index contributed by atoms with van der Waals surface area (Å²) < 4.78 is 11.8. The highest BCUT2D eigenvalue weighted by Crippen LogP contribution is 2.56. The Balaban J connectivity index is 2.04. The van der Waals surface area contributed by atoms with E-state index in [4.69, 9.17) is 9.47 Å². The quantitative estimate of drug-likeness (QED) is 0.528. The molecule has 3 aromatic rings. The van der Waals surface area contributed by atoms with Gasteiger partial charge in [-0.1, -0.05) is 73.7 Å². The zero-order valence-corrected chi connectivity index (χ0v) is 16.2. The molecule has 0 aliphatic carbocycles. The first-order valence-corrected chi connectivity index (χ1v) is 9.80. The first-order valence-electron chi connectivity index (χ1n) is 9.80. The van der Waals surface area contributed by atoms with E-state index in [1.165, 1.54) is 0 Å². The molecule has 0 aromatic heterocycles. The maximum Gasteiger partial charge on any atom is 0.314 e. The van der Waals surface area contributed by atoms with Gasteiger partial charge in [0.05, 0.1) is 12.5 Å². The van der Waals surface area contributed by atoms with Crippen LogP contribution in [0.15, 0.2) is 78.9 Å². The second-order valence-corrected chi connectivity index (χ2v) is 7.02. The second-order valence-electron chi connectivity index (χ2n) is 7.02. The number of hydrogen-bond acceptors (Lipinski definition) is 3. The Morgan fingerprint density at radius 1 is 0.857 bits per heavy atom. The molecule has 1 heterocycles. The first kappa shape index (κ1) is 18.3. The Morgan fingerprint density at radius 2 is 1.39 bits per heavy atom. The van der Waals surface area contributed by atoms with Crippen LogP contribution in [-0.4, -0.2) is 12.6 Å². The number of carbonyl (C=O) groups is 1. The van der Waals surface area contributed by atoms with E-state index in [1.807, 2.05) is 73.7 Å². The number of fused-ring (bicyclic) bond motifs is 2. The monoisotopic (exact) mass is 372 g/mol. The molecule has 1 atom stereocenters. The van der Waals surface area contributed by atoms with Gasteiger partial charge >= 0.3 is 5.97 Å². The van der Waals surface area contributed by atoms with E-state index in [0.29, 0.717) is 6.61 Å². The molecule has 0 fully saturated rings. The molecule has 0 bridgehead atoms. The lowest BCUT2D eigenvalue weighted by Gasteiger charge is -2.44. The molecule has 142 valence electrons. The third-order valence-electron chi connectivity index (χ3n) is 5.66. The van der Waals surface area contributed by atoms with Crippen molar-refractivity contribution in [3.05, 3.63) is 95.6 Å². The lowest BCUT2D eigenvalue weighted by atomic mass is 9.61. The Kier molecular flexibility index (Phi) is 4.91. The van der Waals surface area contributed by atoms with E-state index in [2.05, 4.69) is 19.1 Å². The van der Waals surface area contributed by atoms with Crippen molar-refractivity contribution < 1.29 is 14.3 Å². The fraction of sp³-hybridized carbons (Fsp3) is 0.240. The van der Waals surface area contributed by atoms with Crippen molar-refractivity contribution in [1.82, 2.24) is 0 Å². The molecule has 4 rings (SSSR count). The van der Waals surface area contributed by atoms with Gasteiger partial charge in [0.25, 0.3) is 0 Å². The molecule has 28 heavy (non-hydrogen) atoms. The van der Waals surface area contributed by atoms with Crippen LogP contribution in [0.4, 0.5) is 0 Å². The summed E-state index contributed by atoms with van der Waals surface area (Å²) in [6, 6.07) is 26.0. The van der Waals surface area contributed by atoms with Crippen LogP contribution in [0.2, 0.25) is 0 Å². The highest BCUT2D eigenvalue weighted by molar-refractivity contribution is 5.83. The molecule has 3 aromatic carbocycles. The third-order valence-corrected chi connectivity index (χ3v) is 5.66. The number of rotatable bonds is 5. The number of ether oxygens (including phenoxy) is 2. The molecule has 3 nitrogen and oxygen atoms in total. The summed E-state index contributed by atoms with van der Waals surface area (Å²) in [7, 11) is 0. The predicted octanol–water partition coefficient (Wildman–Crippen LogP) is 5.84. The molecule has 1 aliphatic rings. The fourth-order valence-corrected chi connectivity index (χ4v) is 4.50.